The lowest BCUT2D eigenvalue weighted by Gasteiger charge is -2.19. The van der Waals surface area contributed by atoms with Crippen molar-refractivity contribution in [3.05, 3.63) is 66.2 Å². The van der Waals surface area contributed by atoms with Gasteiger partial charge in [-0.05, 0) is 43.9 Å². The van der Waals surface area contributed by atoms with E-state index in [4.69, 9.17) is 4.74 Å². The molecule has 0 radical (unpaired) electrons. The highest BCUT2D eigenvalue weighted by atomic mass is 16.6. The molecule has 1 saturated heterocycles. The Labute approximate surface area is 149 Å². The molecule has 0 saturated carbocycles. The molecule has 3 heteroatoms. The Morgan fingerprint density at radius 2 is 1.72 bits per heavy atom. The lowest BCUT2D eigenvalue weighted by atomic mass is 10.0. The van der Waals surface area contributed by atoms with Gasteiger partial charge in [-0.3, -0.25) is 0 Å². The van der Waals surface area contributed by atoms with Crippen LogP contribution in [0.25, 0.3) is 17.2 Å². The molecule has 1 aliphatic heterocycles. The zero-order valence-electron chi connectivity index (χ0n) is 15.1. The van der Waals surface area contributed by atoms with E-state index in [-0.39, 0.29) is 12.1 Å². The van der Waals surface area contributed by atoms with Crippen LogP contribution < -0.4 is 0 Å². The summed E-state index contributed by atoms with van der Waals surface area (Å²) in [5.74, 6) is 0. The first kappa shape index (κ1) is 17.3. The molecule has 2 aromatic carbocycles. The van der Waals surface area contributed by atoms with Gasteiger partial charge in [-0.15, -0.1) is 0 Å². The Hall–Kier alpha value is -2.55. The van der Waals surface area contributed by atoms with Crippen LogP contribution in [0.15, 0.2) is 60.7 Å². The number of hydrogen-bond donors (Lipinski definition) is 0. The van der Waals surface area contributed by atoms with Gasteiger partial charge in [-0.2, -0.15) is 0 Å². The third kappa shape index (κ3) is 4.96. The van der Waals surface area contributed by atoms with E-state index in [0.29, 0.717) is 0 Å². The van der Waals surface area contributed by atoms with E-state index in [2.05, 4.69) is 60.7 Å². The van der Waals surface area contributed by atoms with Gasteiger partial charge in [-0.25, -0.2) is 4.79 Å². The van der Waals surface area contributed by atoms with E-state index < -0.39 is 5.60 Å². The van der Waals surface area contributed by atoms with Crippen molar-refractivity contribution in [1.29, 1.82) is 0 Å². The van der Waals surface area contributed by atoms with Crippen molar-refractivity contribution in [2.24, 2.45) is 0 Å². The first-order chi connectivity index (χ1) is 11.9. The molecule has 25 heavy (non-hydrogen) atoms. The molecule has 2 aromatic rings. The molecule has 1 fully saturated rings. The average molecular weight is 335 g/mol. The number of amides is 1. The van der Waals surface area contributed by atoms with E-state index >= 15 is 0 Å². The van der Waals surface area contributed by atoms with Gasteiger partial charge in [0.1, 0.15) is 5.60 Å². The van der Waals surface area contributed by atoms with Crippen LogP contribution in [0.3, 0.4) is 0 Å². The molecular weight excluding hydrogens is 310 g/mol. The second-order valence-corrected chi connectivity index (χ2v) is 7.41. The average Bonchev–Trinajstić information content (AvgIpc) is 3.35. The molecule has 1 atom stereocenters. The highest BCUT2D eigenvalue weighted by Gasteiger charge is 2.39. The fourth-order valence-electron chi connectivity index (χ4n) is 2.70. The normalized spacial score (nSPS) is 16.9. The van der Waals surface area contributed by atoms with E-state index in [9.17, 15) is 4.79 Å². The SMILES string of the molecule is CC(C)(C)OC(=O)N1C[C@@H]1C/C=C/c1ccc(-c2ccccc2)cc1. The second kappa shape index (κ2) is 7.14. The number of hydrogen-bond acceptors (Lipinski definition) is 2. The van der Waals surface area contributed by atoms with Crippen LogP contribution in [0.5, 0.6) is 0 Å². The van der Waals surface area contributed by atoms with Gasteiger partial charge in [0.15, 0.2) is 0 Å². The minimum Gasteiger partial charge on any atom is -0.444 e. The predicted octanol–water partition coefficient (Wildman–Crippen LogP) is 5.38. The fourth-order valence-corrected chi connectivity index (χ4v) is 2.70. The Balaban J connectivity index is 1.50. The number of ether oxygens (including phenoxy) is 1. The maximum Gasteiger partial charge on any atom is 0.410 e. The zero-order chi connectivity index (χ0) is 17.9. The molecular formula is C22H25NO2. The lowest BCUT2D eigenvalue weighted by Crippen LogP contribution is -2.27. The van der Waals surface area contributed by atoms with Crippen LogP contribution in [-0.4, -0.2) is 29.2 Å². The fraction of sp³-hybridized carbons (Fsp3) is 0.318. The Morgan fingerprint density at radius 3 is 2.36 bits per heavy atom. The monoisotopic (exact) mass is 335 g/mol. The summed E-state index contributed by atoms with van der Waals surface area (Å²) in [7, 11) is 0. The molecule has 0 spiro atoms. The molecule has 0 bridgehead atoms. The van der Waals surface area contributed by atoms with Crippen molar-refractivity contribution < 1.29 is 9.53 Å². The first-order valence-electron chi connectivity index (χ1n) is 8.74. The van der Waals surface area contributed by atoms with Gasteiger partial charge in [0.25, 0.3) is 0 Å². The minimum atomic E-state index is -0.430. The first-order valence-corrected chi connectivity index (χ1v) is 8.74. The number of carbonyl (C=O) groups excluding carboxylic acids is 1. The Kier molecular flexibility index (Phi) is 4.93. The highest BCUT2D eigenvalue weighted by molar-refractivity contribution is 5.71. The predicted molar refractivity (Wildman–Crippen MR) is 102 cm³/mol. The molecule has 0 aliphatic carbocycles. The van der Waals surface area contributed by atoms with Crippen LogP contribution in [0.2, 0.25) is 0 Å². The van der Waals surface area contributed by atoms with Crippen molar-refractivity contribution in [2.75, 3.05) is 6.54 Å². The largest absolute Gasteiger partial charge is 0.444 e. The summed E-state index contributed by atoms with van der Waals surface area (Å²) in [6, 6.07) is 19.2. The third-order valence-corrected chi connectivity index (χ3v) is 4.08. The van der Waals surface area contributed by atoms with Crippen molar-refractivity contribution in [2.45, 2.75) is 38.8 Å². The van der Waals surface area contributed by atoms with Gasteiger partial charge in [0.2, 0.25) is 0 Å². The summed E-state index contributed by atoms with van der Waals surface area (Å²) in [5, 5.41) is 0. The molecule has 3 rings (SSSR count). The van der Waals surface area contributed by atoms with Crippen molar-refractivity contribution in [3.63, 3.8) is 0 Å². The molecule has 0 N–H and O–H groups in total. The van der Waals surface area contributed by atoms with E-state index in [1.807, 2.05) is 26.8 Å². The standard InChI is InChI=1S/C22H25NO2/c1-22(2,3)25-21(24)23-16-20(23)11-7-8-17-12-14-19(15-13-17)18-9-5-4-6-10-18/h4-10,12-15,20H,11,16H2,1-3H3/b8-7+/t20-,23?/m0/s1. The maximum absolute atomic E-state index is 11.9. The summed E-state index contributed by atoms with van der Waals surface area (Å²) >= 11 is 0. The summed E-state index contributed by atoms with van der Waals surface area (Å²) < 4.78 is 5.37. The highest BCUT2D eigenvalue weighted by Crippen LogP contribution is 2.25. The van der Waals surface area contributed by atoms with Crippen molar-refractivity contribution >= 4 is 12.2 Å². The Morgan fingerprint density at radius 1 is 1.08 bits per heavy atom. The van der Waals surface area contributed by atoms with Gasteiger partial charge in [0, 0.05) is 6.54 Å². The van der Waals surface area contributed by atoms with Gasteiger partial charge >= 0.3 is 6.09 Å². The summed E-state index contributed by atoms with van der Waals surface area (Å²) in [5.41, 5.74) is 3.19. The van der Waals surface area contributed by atoms with Crippen LogP contribution in [-0.2, 0) is 4.74 Å². The molecule has 0 aromatic heterocycles. The van der Waals surface area contributed by atoms with Crippen LogP contribution in [0.4, 0.5) is 4.79 Å². The summed E-state index contributed by atoms with van der Waals surface area (Å²) in [6.45, 7) is 6.46. The summed E-state index contributed by atoms with van der Waals surface area (Å²) in [6.07, 6.45) is 4.89. The number of rotatable bonds is 4. The molecule has 1 aliphatic rings. The van der Waals surface area contributed by atoms with E-state index in [1.54, 1.807) is 4.90 Å². The smallest absolute Gasteiger partial charge is 0.410 e. The Bertz CT molecular complexity index is 742. The second-order valence-electron chi connectivity index (χ2n) is 7.41. The molecule has 130 valence electrons. The van der Waals surface area contributed by atoms with Crippen LogP contribution in [0, 0.1) is 0 Å². The third-order valence-electron chi connectivity index (χ3n) is 4.08. The molecule has 3 nitrogen and oxygen atoms in total. The molecule has 1 amide bonds. The van der Waals surface area contributed by atoms with Gasteiger partial charge < -0.3 is 9.64 Å². The number of carbonyl (C=O) groups is 1. The quantitative estimate of drug-likeness (QED) is 0.702. The van der Waals surface area contributed by atoms with E-state index in [0.717, 1.165) is 13.0 Å². The minimum absolute atomic E-state index is 0.210. The lowest BCUT2D eigenvalue weighted by molar-refractivity contribution is 0.0407. The molecule has 0 unspecified atom stereocenters. The topological polar surface area (TPSA) is 29.3 Å². The molecule has 1 heterocycles. The number of benzene rings is 2. The van der Waals surface area contributed by atoms with E-state index in [1.165, 1.54) is 16.7 Å². The maximum atomic E-state index is 11.9. The van der Waals surface area contributed by atoms with Crippen LogP contribution in [0.1, 0.15) is 32.8 Å². The van der Waals surface area contributed by atoms with Crippen LogP contribution >= 0.6 is 0 Å². The van der Waals surface area contributed by atoms with Gasteiger partial charge in [0.05, 0.1) is 6.04 Å². The zero-order valence-corrected chi connectivity index (χ0v) is 15.1. The summed E-state index contributed by atoms with van der Waals surface area (Å²) in [4.78, 5) is 13.7. The van der Waals surface area contributed by atoms with Crippen molar-refractivity contribution in [1.82, 2.24) is 4.90 Å². The van der Waals surface area contributed by atoms with Gasteiger partial charge in [-0.1, -0.05) is 66.7 Å². The van der Waals surface area contributed by atoms with Crippen molar-refractivity contribution in [3.8, 4) is 11.1 Å². The number of nitrogens with zero attached hydrogens (tertiary/aromatic N) is 1.